The molecular weight excluding hydrogens is 398 g/mol. The highest BCUT2D eigenvalue weighted by Crippen LogP contribution is 2.27. The fraction of sp³-hybridized carbons (Fsp3) is 0.625. The number of sulfonamides is 2. The highest BCUT2D eigenvalue weighted by atomic mass is 35.5. The molecule has 26 heavy (non-hydrogen) atoms. The van der Waals surface area contributed by atoms with Crippen molar-refractivity contribution in [3.05, 3.63) is 24.3 Å². The van der Waals surface area contributed by atoms with Gasteiger partial charge in [0, 0.05) is 32.2 Å². The molecule has 1 aliphatic rings. The fourth-order valence-corrected chi connectivity index (χ4v) is 6.50. The van der Waals surface area contributed by atoms with Crippen molar-refractivity contribution in [3.63, 3.8) is 0 Å². The maximum atomic E-state index is 13.0. The Kier molecular flexibility index (Phi) is 8.50. The van der Waals surface area contributed by atoms with Crippen molar-refractivity contribution in [3.8, 4) is 0 Å². The monoisotopic (exact) mass is 425 g/mol. The molecule has 0 radical (unpaired) electrons. The molecule has 150 valence electrons. The van der Waals surface area contributed by atoms with E-state index < -0.39 is 20.0 Å². The zero-order valence-corrected chi connectivity index (χ0v) is 17.6. The second-order valence-corrected chi connectivity index (χ2v) is 9.89. The van der Waals surface area contributed by atoms with Crippen LogP contribution in [0.1, 0.15) is 33.1 Å². The summed E-state index contributed by atoms with van der Waals surface area (Å²) < 4.78 is 54.1. The first-order valence-corrected chi connectivity index (χ1v) is 11.5. The Balaban J connectivity index is 0.00000338. The SMILES string of the molecule is CCN(CC)S(=O)(=O)c1cccc(S(=O)(=O)N2CCCCC2CN)c1.Cl. The van der Waals surface area contributed by atoms with Gasteiger partial charge in [-0.2, -0.15) is 8.61 Å². The fourth-order valence-electron chi connectivity index (χ4n) is 3.17. The molecule has 1 saturated heterocycles. The number of hydrogen-bond donors (Lipinski definition) is 1. The van der Waals surface area contributed by atoms with Crippen molar-refractivity contribution < 1.29 is 16.8 Å². The van der Waals surface area contributed by atoms with Gasteiger partial charge in [0.1, 0.15) is 0 Å². The lowest BCUT2D eigenvalue weighted by Gasteiger charge is -2.34. The zero-order chi connectivity index (χ0) is 18.7. The molecule has 0 aromatic heterocycles. The third-order valence-electron chi connectivity index (χ3n) is 4.60. The van der Waals surface area contributed by atoms with Crippen LogP contribution in [0.3, 0.4) is 0 Å². The normalized spacial score (nSPS) is 19.3. The van der Waals surface area contributed by atoms with E-state index in [-0.39, 0.29) is 34.8 Å². The molecular formula is C16H28ClN3O4S2. The number of halogens is 1. The molecule has 1 heterocycles. The molecule has 1 unspecified atom stereocenters. The third-order valence-corrected chi connectivity index (χ3v) is 8.59. The van der Waals surface area contributed by atoms with Gasteiger partial charge in [0.15, 0.2) is 0 Å². The first-order valence-electron chi connectivity index (χ1n) is 8.61. The van der Waals surface area contributed by atoms with E-state index in [4.69, 9.17) is 5.73 Å². The van der Waals surface area contributed by atoms with Crippen LogP contribution < -0.4 is 5.73 Å². The lowest BCUT2D eigenvalue weighted by molar-refractivity contribution is 0.257. The van der Waals surface area contributed by atoms with Crippen LogP contribution in [0.5, 0.6) is 0 Å². The molecule has 1 aromatic carbocycles. The molecule has 7 nitrogen and oxygen atoms in total. The molecule has 1 aromatic rings. The molecule has 1 atom stereocenters. The van der Waals surface area contributed by atoms with Crippen LogP contribution in [-0.4, -0.2) is 57.7 Å². The summed E-state index contributed by atoms with van der Waals surface area (Å²) in [7, 11) is -7.48. The maximum Gasteiger partial charge on any atom is 0.243 e. The van der Waals surface area contributed by atoms with Crippen molar-refractivity contribution in [1.82, 2.24) is 8.61 Å². The minimum Gasteiger partial charge on any atom is -0.329 e. The molecule has 1 fully saturated rings. The summed E-state index contributed by atoms with van der Waals surface area (Å²) in [4.78, 5) is -0.000311. The Morgan fingerprint density at radius 3 is 2.31 bits per heavy atom. The van der Waals surface area contributed by atoms with E-state index in [1.54, 1.807) is 13.8 Å². The topological polar surface area (TPSA) is 101 Å². The summed E-state index contributed by atoms with van der Waals surface area (Å²) in [6.45, 7) is 4.84. The van der Waals surface area contributed by atoms with E-state index in [2.05, 4.69) is 0 Å². The van der Waals surface area contributed by atoms with Gasteiger partial charge in [-0.05, 0) is 31.0 Å². The number of rotatable bonds is 7. The van der Waals surface area contributed by atoms with Crippen LogP contribution >= 0.6 is 12.4 Å². The number of nitrogens with zero attached hydrogens (tertiary/aromatic N) is 2. The summed E-state index contributed by atoms with van der Waals surface area (Å²) in [5.41, 5.74) is 5.73. The van der Waals surface area contributed by atoms with Crippen molar-refractivity contribution in [2.45, 2.75) is 48.9 Å². The largest absolute Gasteiger partial charge is 0.329 e. The van der Waals surface area contributed by atoms with Crippen LogP contribution in [0.25, 0.3) is 0 Å². The highest BCUT2D eigenvalue weighted by Gasteiger charge is 2.33. The average Bonchev–Trinajstić information content (AvgIpc) is 2.62. The predicted molar refractivity (Wildman–Crippen MR) is 104 cm³/mol. The molecule has 10 heteroatoms. The summed E-state index contributed by atoms with van der Waals surface area (Å²) in [6, 6.07) is 5.37. The van der Waals surface area contributed by atoms with Crippen LogP contribution in [0.15, 0.2) is 34.1 Å². The predicted octanol–water partition coefficient (Wildman–Crippen LogP) is 1.64. The quantitative estimate of drug-likeness (QED) is 0.715. The molecule has 1 aliphatic heterocycles. The Labute approximate surface area is 163 Å². The molecule has 2 rings (SSSR count). The van der Waals surface area contributed by atoms with Crippen LogP contribution in [0.2, 0.25) is 0 Å². The highest BCUT2D eigenvalue weighted by molar-refractivity contribution is 7.90. The van der Waals surface area contributed by atoms with Gasteiger partial charge in [0.05, 0.1) is 9.79 Å². The van der Waals surface area contributed by atoms with Gasteiger partial charge >= 0.3 is 0 Å². The summed E-state index contributed by atoms with van der Waals surface area (Å²) >= 11 is 0. The number of benzene rings is 1. The molecule has 0 spiro atoms. The van der Waals surface area contributed by atoms with E-state index in [1.165, 1.54) is 32.9 Å². The van der Waals surface area contributed by atoms with Gasteiger partial charge in [-0.25, -0.2) is 16.8 Å². The second-order valence-electron chi connectivity index (χ2n) is 6.07. The van der Waals surface area contributed by atoms with Crippen LogP contribution in [-0.2, 0) is 20.0 Å². The van der Waals surface area contributed by atoms with Gasteiger partial charge in [-0.1, -0.05) is 26.3 Å². The van der Waals surface area contributed by atoms with Crippen molar-refractivity contribution in [2.24, 2.45) is 5.73 Å². The lowest BCUT2D eigenvalue weighted by atomic mass is 10.1. The average molecular weight is 426 g/mol. The Morgan fingerprint density at radius 1 is 1.12 bits per heavy atom. The van der Waals surface area contributed by atoms with Gasteiger partial charge in [0.2, 0.25) is 20.0 Å². The second kappa shape index (κ2) is 9.48. The summed E-state index contributed by atoms with van der Waals surface area (Å²) in [5, 5.41) is 0. The zero-order valence-electron chi connectivity index (χ0n) is 15.2. The third kappa shape index (κ3) is 4.58. The number of hydrogen-bond acceptors (Lipinski definition) is 5. The Morgan fingerprint density at radius 2 is 1.73 bits per heavy atom. The molecule has 0 aliphatic carbocycles. The molecule has 0 saturated carbocycles. The smallest absolute Gasteiger partial charge is 0.243 e. The van der Waals surface area contributed by atoms with Gasteiger partial charge < -0.3 is 5.73 Å². The van der Waals surface area contributed by atoms with E-state index in [9.17, 15) is 16.8 Å². The standard InChI is InChI=1S/C16H27N3O4S2.ClH/c1-3-18(4-2)24(20,21)15-9-7-10-16(12-15)25(22,23)19-11-6-5-8-14(19)13-17;/h7,9-10,12,14H,3-6,8,11,13,17H2,1-2H3;1H. The van der Waals surface area contributed by atoms with Crippen LogP contribution in [0, 0.1) is 0 Å². The van der Waals surface area contributed by atoms with E-state index in [1.807, 2.05) is 0 Å². The lowest BCUT2D eigenvalue weighted by Crippen LogP contribution is -2.47. The van der Waals surface area contributed by atoms with E-state index >= 15 is 0 Å². The molecule has 0 bridgehead atoms. The van der Waals surface area contributed by atoms with Gasteiger partial charge in [0.25, 0.3) is 0 Å². The minimum atomic E-state index is -3.77. The molecule has 2 N–H and O–H groups in total. The van der Waals surface area contributed by atoms with E-state index in [0.717, 1.165) is 19.3 Å². The Bertz CT molecular complexity index is 795. The van der Waals surface area contributed by atoms with Gasteiger partial charge in [-0.3, -0.25) is 0 Å². The summed E-state index contributed by atoms with van der Waals surface area (Å²) in [5.74, 6) is 0. The van der Waals surface area contributed by atoms with Crippen molar-refractivity contribution >= 4 is 32.5 Å². The van der Waals surface area contributed by atoms with Crippen molar-refractivity contribution in [2.75, 3.05) is 26.2 Å². The first-order chi connectivity index (χ1) is 11.8. The number of piperidine rings is 1. The Hall–Kier alpha value is -0.710. The summed E-state index contributed by atoms with van der Waals surface area (Å²) in [6.07, 6.45) is 2.46. The van der Waals surface area contributed by atoms with Crippen molar-refractivity contribution in [1.29, 1.82) is 0 Å². The maximum absolute atomic E-state index is 13.0. The molecule has 0 amide bonds. The van der Waals surface area contributed by atoms with E-state index in [0.29, 0.717) is 19.6 Å². The van der Waals surface area contributed by atoms with Gasteiger partial charge in [-0.15, -0.1) is 12.4 Å². The van der Waals surface area contributed by atoms with Crippen LogP contribution in [0.4, 0.5) is 0 Å². The first kappa shape index (κ1) is 23.3. The number of nitrogens with two attached hydrogens (primary N) is 1. The minimum absolute atomic E-state index is 0.